The van der Waals surface area contributed by atoms with Crippen molar-refractivity contribution in [3.63, 3.8) is 0 Å². The molecule has 0 saturated heterocycles. The monoisotopic (exact) mass is 357 g/mol. The molecule has 1 heterocycles. The van der Waals surface area contributed by atoms with Crippen molar-refractivity contribution in [1.29, 1.82) is 0 Å². The van der Waals surface area contributed by atoms with Crippen molar-refractivity contribution in [1.82, 2.24) is 0 Å². The summed E-state index contributed by atoms with van der Waals surface area (Å²) in [7, 11) is 6.18. The van der Waals surface area contributed by atoms with Crippen molar-refractivity contribution < 1.29 is 4.57 Å². The van der Waals surface area contributed by atoms with Crippen LogP contribution in [0.15, 0.2) is 48.5 Å². The normalized spacial score (nSPS) is 11.4. The average molecular weight is 358 g/mol. The molecule has 0 aliphatic carbocycles. The van der Waals surface area contributed by atoms with Crippen LogP contribution in [0.2, 0.25) is 10.0 Å². The molecule has 0 N–H and O–H groups in total. The van der Waals surface area contributed by atoms with E-state index in [0.717, 1.165) is 11.3 Å². The molecule has 0 unspecified atom stereocenters. The summed E-state index contributed by atoms with van der Waals surface area (Å²) in [5.41, 5.74) is 4.53. The van der Waals surface area contributed by atoms with Crippen molar-refractivity contribution in [2.75, 3.05) is 19.0 Å². The fourth-order valence-corrected chi connectivity index (χ4v) is 2.96. The van der Waals surface area contributed by atoms with Crippen LogP contribution >= 0.6 is 23.2 Å². The zero-order valence-electron chi connectivity index (χ0n) is 13.9. The Morgan fingerprint density at radius 1 is 0.875 bits per heavy atom. The summed E-state index contributed by atoms with van der Waals surface area (Å²) in [4.78, 5) is 2.11. The van der Waals surface area contributed by atoms with Crippen LogP contribution in [0.5, 0.6) is 0 Å². The predicted octanol–water partition coefficient (Wildman–Crippen LogP) is 5.21. The van der Waals surface area contributed by atoms with E-state index in [1.807, 2.05) is 24.3 Å². The molecule has 122 valence electrons. The molecule has 1 aromatic heterocycles. The molecular weight excluding hydrogens is 339 g/mol. The number of anilines is 1. The van der Waals surface area contributed by atoms with Gasteiger partial charge in [0.25, 0.3) is 0 Å². The van der Waals surface area contributed by atoms with Gasteiger partial charge in [-0.3, -0.25) is 0 Å². The Balaban J connectivity index is 1.97. The lowest BCUT2D eigenvalue weighted by Gasteiger charge is -2.12. The van der Waals surface area contributed by atoms with Gasteiger partial charge in [-0.1, -0.05) is 29.3 Å². The molecule has 0 bridgehead atoms. The van der Waals surface area contributed by atoms with Crippen LogP contribution in [0.1, 0.15) is 11.3 Å². The van der Waals surface area contributed by atoms with Gasteiger partial charge in [0.05, 0.1) is 10.0 Å². The zero-order valence-corrected chi connectivity index (χ0v) is 15.4. The highest BCUT2D eigenvalue weighted by molar-refractivity contribution is 6.42. The summed E-state index contributed by atoms with van der Waals surface area (Å²) in [5.74, 6) is 0. The summed E-state index contributed by atoms with van der Waals surface area (Å²) in [6.07, 6.45) is 4.12. The Labute approximate surface area is 152 Å². The maximum absolute atomic E-state index is 6.07. The van der Waals surface area contributed by atoms with Crippen LogP contribution in [0.3, 0.4) is 0 Å². The maximum atomic E-state index is 6.07. The molecule has 0 saturated carbocycles. The van der Waals surface area contributed by atoms with E-state index in [9.17, 15) is 0 Å². The minimum Gasteiger partial charge on any atom is -0.378 e. The maximum Gasteiger partial charge on any atom is 0.212 e. The summed E-state index contributed by atoms with van der Waals surface area (Å²) < 4.78 is 2.18. The first-order chi connectivity index (χ1) is 11.5. The van der Waals surface area contributed by atoms with Crippen LogP contribution in [0.25, 0.3) is 23.1 Å². The molecule has 0 fully saturated rings. The van der Waals surface area contributed by atoms with E-state index in [4.69, 9.17) is 23.2 Å². The standard InChI is InChI=1S/C20H19Cl2N2/c1-23(2)17-9-11-20-15(13-17)6-8-16(24(20)3)7-4-14-5-10-18(21)19(22)12-14/h4-13H,1-3H3/q+1/b7-4+. The van der Waals surface area contributed by atoms with Crippen LogP contribution in [-0.2, 0) is 7.05 Å². The summed E-state index contributed by atoms with van der Waals surface area (Å²) in [5, 5.41) is 2.36. The van der Waals surface area contributed by atoms with Gasteiger partial charge >= 0.3 is 0 Å². The second kappa shape index (κ2) is 6.84. The van der Waals surface area contributed by atoms with Crippen molar-refractivity contribution in [2.24, 2.45) is 7.05 Å². The fourth-order valence-electron chi connectivity index (χ4n) is 2.65. The first kappa shape index (κ1) is 16.8. The van der Waals surface area contributed by atoms with Gasteiger partial charge in [0, 0.05) is 43.4 Å². The van der Waals surface area contributed by atoms with E-state index < -0.39 is 0 Å². The summed E-state index contributed by atoms with van der Waals surface area (Å²) >= 11 is 12.0. The third-order valence-electron chi connectivity index (χ3n) is 4.10. The second-order valence-corrected chi connectivity index (χ2v) is 6.78. The van der Waals surface area contributed by atoms with E-state index in [1.54, 1.807) is 0 Å². The van der Waals surface area contributed by atoms with Gasteiger partial charge in [-0.15, -0.1) is 0 Å². The topological polar surface area (TPSA) is 7.12 Å². The van der Waals surface area contributed by atoms with Crippen molar-refractivity contribution >= 4 is 51.9 Å². The van der Waals surface area contributed by atoms with Gasteiger partial charge in [0.15, 0.2) is 0 Å². The van der Waals surface area contributed by atoms with Crippen molar-refractivity contribution in [3.8, 4) is 0 Å². The van der Waals surface area contributed by atoms with Gasteiger partial charge in [-0.2, -0.15) is 4.57 Å². The molecule has 0 amide bonds. The second-order valence-electron chi connectivity index (χ2n) is 5.96. The number of nitrogens with zero attached hydrogens (tertiary/aromatic N) is 2. The van der Waals surface area contributed by atoms with Crippen LogP contribution < -0.4 is 9.47 Å². The SMILES string of the molecule is CN(C)c1ccc2c(ccc(/C=C/c3ccc(Cl)c(Cl)c3)[n+]2C)c1. The number of hydrogen-bond acceptors (Lipinski definition) is 1. The third kappa shape index (κ3) is 3.40. The number of pyridine rings is 1. The van der Waals surface area contributed by atoms with Gasteiger partial charge in [-0.25, -0.2) is 0 Å². The molecule has 0 radical (unpaired) electrons. The molecule has 2 aromatic carbocycles. The third-order valence-corrected chi connectivity index (χ3v) is 4.84. The molecule has 0 atom stereocenters. The van der Waals surface area contributed by atoms with Crippen molar-refractivity contribution in [2.45, 2.75) is 0 Å². The van der Waals surface area contributed by atoms with E-state index in [-0.39, 0.29) is 0 Å². The molecule has 3 rings (SSSR count). The highest BCUT2D eigenvalue weighted by atomic mass is 35.5. The van der Waals surface area contributed by atoms with E-state index in [0.29, 0.717) is 10.0 Å². The van der Waals surface area contributed by atoms with E-state index in [1.165, 1.54) is 16.6 Å². The summed E-state index contributed by atoms with van der Waals surface area (Å²) in [6.45, 7) is 0. The Hall–Kier alpha value is -2.03. The molecule has 0 aliphatic rings. The van der Waals surface area contributed by atoms with Gasteiger partial charge in [0.1, 0.15) is 7.05 Å². The van der Waals surface area contributed by atoms with Crippen LogP contribution in [0, 0.1) is 0 Å². The lowest BCUT2D eigenvalue weighted by atomic mass is 10.1. The zero-order chi connectivity index (χ0) is 17.3. The molecule has 0 aliphatic heterocycles. The first-order valence-corrected chi connectivity index (χ1v) is 8.44. The molecule has 2 nitrogen and oxygen atoms in total. The number of benzene rings is 2. The van der Waals surface area contributed by atoms with Gasteiger partial charge in [-0.05, 0) is 42.0 Å². The number of rotatable bonds is 3. The first-order valence-electron chi connectivity index (χ1n) is 7.69. The quantitative estimate of drug-likeness (QED) is 0.583. The van der Waals surface area contributed by atoms with E-state index >= 15 is 0 Å². The number of fused-ring (bicyclic) bond motifs is 1. The Morgan fingerprint density at radius 3 is 2.38 bits per heavy atom. The summed E-state index contributed by atoms with van der Waals surface area (Å²) in [6, 6.07) is 16.4. The van der Waals surface area contributed by atoms with Crippen LogP contribution in [-0.4, -0.2) is 14.1 Å². The predicted molar refractivity (Wildman–Crippen MR) is 105 cm³/mol. The van der Waals surface area contributed by atoms with Gasteiger partial charge in [0.2, 0.25) is 11.2 Å². The Morgan fingerprint density at radius 2 is 1.67 bits per heavy atom. The molecule has 3 aromatic rings. The average Bonchev–Trinajstić information content (AvgIpc) is 2.57. The highest BCUT2D eigenvalue weighted by Gasteiger charge is 2.10. The van der Waals surface area contributed by atoms with Crippen molar-refractivity contribution in [3.05, 3.63) is 69.8 Å². The van der Waals surface area contributed by atoms with Gasteiger partial charge < -0.3 is 4.90 Å². The Kier molecular flexibility index (Phi) is 4.79. The highest BCUT2D eigenvalue weighted by Crippen LogP contribution is 2.24. The number of aromatic nitrogens is 1. The molecule has 0 spiro atoms. The smallest absolute Gasteiger partial charge is 0.212 e. The number of hydrogen-bond donors (Lipinski definition) is 0. The number of aryl methyl sites for hydroxylation is 1. The largest absolute Gasteiger partial charge is 0.378 e. The molecule has 4 heteroatoms. The Bertz CT molecular complexity index is 930. The van der Waals surface area contributed by atoms with E-state index in [2.05, 4.69) is 67.0 Å². The fraction of sp³-hybridized carbons (Fsp3) is 0.150. The molecular formula is C20H19Cl2N2+. The minimum absolute atomic E-state index is 0.568. The lowest BCUT2D eigenvalue weighted by Crippen LogP contribution is -2.32. The molecule has 24 heavy (non-hydrogen) atoms. The lowest BCUT2D eigenvalue weighted by molar-refractivity contribution is -0.646. The van der Waals surface area contributed by atoms with Crippen LogP contribution in [0.4, 0.5) is 5.69 Å². The number of halogens is 2. The minimum atomic E-state index is 0.568.